The number of likely N-dealkylation sites (N-methyl/N-ethyl adjacent to an activating group) is 1. The van der Waals surface area contributed by atoms with Gasteiger partial charge in [0.2, 0.25) is 5.78 Å². The number of carbonyl (C=O) groups excluding carboxylic acids is 3. The number of rotatable bonds is 8. The molecule has 0 unspecified atom stereocenters. The second-order valence-electron chi connectivity index (χ2n) is 11.0. The molecule has 12 nitrogen and oxygen atoms in total. The number of hydrogen-bond acceptors (Lipinski definition) is 11. The number of nitrogens with two attached hydrogens (primary N) is 1. The smallest absolute Gasteiger partial charge is 0.255 e. The van der Waals surface area contributed by atoms with Crippen molar-refractivity contribution in [2.75, 3.05) is 34.3 Å². The van der Waals surface area contributed by atoms with Crippen molar-refractivity contribution in [2.24, 2.45) is 22.7 Å². The third kappa shape index (κ3) is 4.55. The van der Waals surface area contributed by atoms with Crippen molar-refractivity contribution < 1.29 is 39.6 Å². The van der Waals surface area contributed by atoms with E-state index in [-0.39, 0.29) is 29.7 Å². The lowest BCUT2D eigenvalue weighted by atomic mass is 9.57. The van der Waals surface area contributed by atoms with Gasteiger partial charge >= 0.3 is 0 Å². The molecule has 0 heterocycles. The summed E-state index contributed by atoms with van der Waals surface area (Å²) in [6.45, 7) is 5.07. The highest BCUT2D eigenvalue weighted by Gasteiger charge is 2.64. The molecule has 216 valence electrons. The van der Waals surface area contributed by atoms with E-state index in [1.807, 2.05) is 25.8 Å². The Kier molecular flexibility index (Phi) is 7.81. The van der Waals surface area contributed by atoms with Crippen LogP contribution in [-0.2, 0) is 32.2 Å². The molecule has 1 fully saturated rings. The lowest BCUT2D eigenvalue weighted by Crippen LogP contribution is -2.65. The summed E-state index contributed by atoms with van der Waals surface area (Å²) in [4.78, 5) is 47.8. The highest BCUT2D eigenvalue weighted by Crippen LogP contribution is 2.53. The standard InChI is InChI=1S/C28H36N4O8/c1-6-40-30-13(2)11-32(5)12-14-7-8-18(33)20-16(14)9-15-10-17-22(31(3)4)24(35)21(27(29)38)26(37)28(17,39)25(36)19(15)23(20)34/h7-8,15,17,22,33-34,37,39H,6,9-12H2,1-5H3,(H2,29,38)/b30-13+/t15-,17-,22-,28-/m0/s1. The normalized spacial score (nSPS) is 26.7. The number of aromatic hydroxyl groups is 1. The minimum Gasteiger partial charge on any atom is -0.508 e. The number of phenolic OH excluding ortho intramolecular Hbond substituents is 1. The first-order chi connectivity index (χ1) is 18.7. The van der Waals surface area contributed by atoms with Crippen LogP contribution in [0.25, 0.3) is 5.76 Å². The fraction of sp³-hybridized carbons (Fsp3) is 0.500. The molecule has 4 atom stereocenters. The van der Waals surface area contributed by atoms with Crippen LogP contribution in [0.1, 0.15) is 37.0 Å². The van der Waals surface area contributed by atoms with Crippen molar-refractivity contribution in [1.29, 1.82) is 0 Å². The first kappa shape index (κ1) is 29.2. The number of primary amides is 1. The van der Waals surface area contributed by atoms with E-state index in [0.29, 0.717) is 25.3 Å². The molecule has 0 aliphatic heterocycles. The molecule has 0 saturated heterocycles. The van der Waals surface area contributed by atoms with Crippen LogP contribution in [0, 0.1) is 11.8 Å². The molecule has 12 heteroatoms. The van der Waals surface area contributed by atoms with Gasteiger partial charge in [-0.3, -0.25) is 24.2 Å². The number of amides is 1. The van der Waals surface area contributed by atoms with Crippen LogP contribution in [0.15, 0.2) is 34.2 Å². The molecule has 0 aromatic heterocycles. The molecule has 1 aromatic carbocycles. The zero-order valence-electron chi connectivity index (χ0n) is 23.3. The molecule has 1 aromatic rings. The zero-order valence-corrected chi connectivity index (χ0v) is 23.3. The molecule has 3 aliphatic carbocycles. The summed E-state index contributed by atoms with van der Waals surface area (Å²) in [5, 5.41) is 48.8. The second kappa shape index (κ2) is 10.7. The number of fused-ring (bicyclic) bond motifs is 3. The zero-order chi connectivity index (χ0) is 29.7. The monoisotopic (exact) mass is 556 g/mol. The first-order valence-electron chi connectivity index (χ1n) is 13.1. The van der Waals surface area contributed by atoms with E-state index in [0.717, 1.165) is 11.3 Å². The van der Waals surface area contributed by atoms with Crippen molar-refractivity contribution in [3.05, 3.63) is 45.7 Å². The second-order valence-corrected chi connectivity index (χ2v) is 11.0. The van der Waals surface area contributed by atoms with Gasteiger partial charge in [0.05, 0.1) is 17.3 Å². The summed E-state index contributed by atoms with van der Waals surface area (Å²) >= 11 is 0. The number of phenols is 1. The van der Waals surface area contributed by atoms with Crippen molar-refractivity contribution in [2.45, 2.75) is 44.9 Å². The fourth-order valence-corrected chi connectivity index (χ4v) is 6.40. The summed E-state index contributed by atoms with van der Waals surface area (Å²) in [5.41, 5.74) is 3.97. The van der Waals surface area contributed by atoms with Gasteiger partial charge in [0.25, 0.3) is 5.91 Å². The van der Waals surface area contributed by atoms with E-state index in [2.05, 4.69) is 5.16 Å². The van der Waals surface area contributed by atoms with Gasteiger partial charge in [-0.25, -0.2) is 0 Å². The number of carbonyl (C=O) groups is 3. The van der Waals surface area contributed by atoms with E-state index in [1.54, 1.807) is 20.2 Å². The predicted molar refractivity (Wildman–Crippen MR) is 145 cm³/mol. The van der Waals surface area contributed by atoms with Gasteiger partial charge in [-0.15, -0.1) is 0 Å². The number of hydrogen-bond donors (Lipinski definition) is 5. The molecule has 1 amide bonds. The maximum atomic E-state index is 13.9. The van der Waals surface area contributed by atoms with Crippen molar-refractivity contribution in [3.8, 4) is 5.75 Å². The Hall–Kier alpha value is -3.74. The Morgan fingerprint density at radius 3 is 2.48 bits per heavy atom. The number of aliphatic hydroxyl groups is 3. The number of oxime groups is 1. The van der Waals surface area contributed by atoms with Crippen LogP contribution in [0.3, 0.4) is 0 Å². The summed E-state index contributed by atoms with van der Waals surface area (Å²) in [6, 6.07) is 2.05. The van der Waals surface area contributed by atoms with Gasteiger partial charge in [0.15, 0.2) is 11.4 Å². The van der Waals surface area contributed by atoms with E-state index in [4.69, 9.17) is 10.6 Å². The minimum atomic E-state index is -2.66. The van der Waals surface area contributed by atoms with Gasteiger partial charge in [-0.05, 0) is 70.9 Å². The Morgan fingerprint density at radius 1 is 1.20 bits per heavy atom. The van der Waals surface area contributed by atoms with E-state index in [9.17, 15) is 34.8 Å². The minimum absolute atomic E-state index is 0.0385. The average Bonchev–Trinajstić information content (AvgIpc) is 2.86. The van der Waals surface area contributed by atoms with Gasteiger partial charge in [-0.2, -0.15) is 0 Å². The third-order valence-electron chi connectivity index (χ3n) is 7.99. The molecule has 1 saturated carbocycles. The first-order valence-corrected chi connectivity index (χ1v) is 13.1. The molecule has 0 spiro atoms. The number of Topliss-reactive ketones (excluding diaryl/α,β-unsaturated/α-hetero) is 2. The molecule has 6 N–H and O–H groups in total. The number of ketones is 2. The van der Waals surface area contributed by atoms with Crippen molar-refractivity contribution in [3.63, 3.8) is 0 Å². The third-order valence-corrected chi connectivity index (χ3v) is 7.99. The predicted octanol–water partition coefficient (Wildman–Crippen LogP) is 0.808. The van der Waals surface area contributed by atoms with Gasteiger partial charge in [-0.1, -0.05) is 11.2 Å². The summed E-state index contributed by atoms with van der Waals surface area (Å²) in [7, 11) is 5.02. The highest BCUT2D eigenvalue weighted by atomic mass is 16.6. The Bertz CT molecular complexity index is 1360. The quantitative estimate of drug-likeness (QED) is 0.174. The number of nitrogens with zero attached hydrogens (tertiary/aromatic N) is 3. The van der Waals surface area contributed by atoms with Gasteiger partial charge in [0.1, 0.15) is 29.4 Å². The molecular formula is C28H36N4O8. The van der Waals surface area contributed by atoms with Crippen LogP contribution >= 0.6 is 0 Å². The molecule has 0 radical (unpaired) electrons. The van der Waals surface area contributed by atoms with Gasteiger partial charge < -0.3 is 31.0 Å². The molecular weight excluding hydrogens is 520 g/mol. The van der Waals surface area contributed by atoms with E-state index in [1.165, 1.54) is 11.0 Å². The summed E-state index contributed by atoms with van der Waals surface area (Å²) in [5.74, 6) is -6.69. The summed E-state index contributed by atoms with van der Waals surface area (Å²) < 4.78 is 0. The number of benzene rings is 1. The maximum absolute atomic E-state index is 13.9. The van der Waals surface area contributed by atoms with Crippen LogP contribution in [0.4, 0.5) is 0 Å². The van der Waals surface area contributed by atoms with Crippen LogP contribution in [-0.4, -0.2) is 99.3 Å². The molecule has 3 aliphatic rings. The average molecular weight is 557 g/mol. The Morgan fingerprint density at radius 2 is 1.88 bits per heavy atom. The van der Waals surface area contributed by atoms with Crippen molar-refractivity contribution >= 4 is 28.9 Å². The molecule has 0 bridgehead atoms. The maximum Gasteiger partial charge on any atom is 0.255 e. The largest absolute Gasteiger partial charge is 0.508 e. The Labute approximate surface area is 232 Å². The fourth-order valence-electron chi connectivity index (χ4n) is 6.40. The van der Waals surface area contributed by atoms with Gasteiger partial charge in [0, 0.05) is 24.6 Å². The highest BCUT2D eigenvalue weighted by molar-refractivity contribution is 6.24. The SMILES string of the molecule is CCO/N=C(\C)CN(C)Cc1ccc(O)c2c1C[C@H]1C[C@H]3[C@H](N(C)C)C(=O)C(C(N)=O)=C(O)[C@@]3(O)C(=O)C1=C2O. The molecule has 4 rings (SSSR count). The molecule has 40 heavy (non-hydrogen) atoms. The van der Waals surface area contributed by atoms with E-state index < -0.39 is 58.0 Å². The van der Waals surface area contributed by atoms with E-state index >= 15 is 0 Å². The lowest BCUT2D eigenvalue weighted by Gasteiger charge is -2.50. The van der Waals surface area contributed by atoms with Crippen LogP contribution < -0.4 is 5.73 Å². The van der Waals surface area contributed by atoms with Crippen LogP contribution in [0.2, 0.25) is 0 Å². The lowest BCUT2D eigenvalue weighted by molar-refractivity contribution is -0.153. The van der Waals surface area contributed by atoms with Crippen LogP contribution in [0.5, 0.6) is 5.75 Å². The topological polar surface area (TPSA) is 186 Å². The van der Waals surface area contributed by atoms with Crippen molar-refractivity contribution in [1.82, 2.24) is 9.80 Å². The summed E-state index contributed by atoms with van der Waals surface area (Å²) in [6.07, 6.45) is 0.273. The Balaban J connectivity index is 1.81. The number of aliphatic hydroxyl groups excluding tert-OH is 2.